The Hall–Kier alpha value is -2.47. The molecule has 1 aliphatic heterocycles. The van der Waals surface area contributed by atoms with Crippen LogP contribution in [0.1, 0.15) is 39.2 Å². The van der Waals surface area contributed by atoms with E-state index in [4.69, 9.17) is 0 Å². The fraction of sp³-hybridized carbons (Fsp3) is 0.350. The second-order valence-corrected chi connectivity index (χ2v) is 7.90. The molecule has 3 aromatic rings. The highest BCUT2D eigenvalue weighted by Crippen LogP contribution is 2.36. The molecule has 6 heteroatoms. The first-order chi connectivity index (χ1) is 12.5. The van der Waals surface area contributed by atoms with Crippen LogP contribution in [0.5, 0.6) is 0 Å². The number of amides is 1. The lowest BCUT2D eigenvalue weighted by Crippen LogP contribution is -2.19. The Morgan fingerprint density at radius 2 is 1.92 bits per heavy atom. The van der Waals surface area contributed by atoms with Crippen LogP contribution in [0.2, 0.25) is 0 Å². The number of anilines is 2. The van der Waals surface area contributed by atoms with Gasteiger partial charge in [0, 0.05) is 18.8 Å². The Morgan fingerprint density at radius 1 is 1.15 bits per heavy atom. The van der Waals surface area contributed by atoms with E-state index in [2.05, 4.69) is 20.2 Å². The molecular weight excluding hydrogens is 344 g/mol. The van der Waals surface area contributed by atoms with E-state index >= 15 is 0 Å². The van der Waals surface area contributed by atoms with Crippen LogP contribution in [0.3, 0.4) is 0 Å². The first kappa shape index (κ1) is 17.0. The van der Waals surface area contributed by atoms with E-state index in [1.54, 1.807) is 6.33 Å². The number of thiophene rings is 1. The third-order valence-corrected chi connectivity index (χ3v) is 6.16. The molecule has 1 saturated heterocycles. The van der Waals surface area contributed by atoms with Gasteiger partial charge >= 0.3 is 0 Å². The van der Waals surface area contributed by atoms with Crippen molar-refractivity contribution < 1.29 is 4.79 Å². The molecule has 26 heavy (non-hydrogen) atoms. The molecule has 0 atom stereocenters. The Morgan fingerprint density at radius 3 is 2.69 bits per heavy atom. The molecule has 0 unspecified atom stereocenters. The molecule has 4 rings (SSSR count). The molecule has 0 spiro atoms. The Balaban J connectivity index is 1.72. The third kappa shape index (κ3) is 2.94. The van der Waals surface area contributed by atoms with E-state index < -0.39 is 0 Å². The summed E-state index contributed by atoms with van der Waals surface area (Å²) in [6, 6.07) is 6.08. The van der Waals surface area contributed by atoms with E-state index in [0.717, 1.165) is 51.5 Å². The number of nitrogens with zero attached hydrogens (tertiary/aromatic N) is 3. The standard InChI is InChI=1S/C20H22N4OS/c1-12-6-7-13(2)15(10-12)23-19(25)17-14(3)16-18(24-8-4-5-9-24)21-11-22-20(16)26-17/h6-7,10-11H,4-5,8-9H2,1-3H3,(H,23,25). The van der Waals surface area contributed by atoms with E-state index in [1.165, 1.54) is 24.2 Å². The molecule has 0 aliphatic carbocycles. The summed E-state index contributed by atoms with van der Waals surface area (Å²) in [5.41, 5.74) is 4.01. The van der Waals surface area contributed by atoms with Crippen molar-refractivity contribution >= 4 is 39.0 Å². The molecule has 3 heterocycles. The van der Waals surface area contributed by atoms with E-state index in [9.17, 15) is 4.79 Å². The number of aryl methyl sites for hydroxylation is 3. The number of hydrogen-bond donors (Lipinski definition) is 1. The van der Waals surface area contributed by atoms with Crippen molar-refractivity contribution in [1.29, 1.82) is 0 Å². The molecule has 1 amide bonds. The first-order valence-corrected chi connectivity index (χ1v) is 9.74. The average molecular weight is 366 g/mol. The number of nitrogens with one attached hydrogen (secondary N) is 1. The van der Waals surface area contributed by atoms with Gasteiger partial charge in [-0.05, 0) is 56.4 Å². The molecule has 0 saturated carbocycles. The van der Waals surface area contributed by atoms with Gasteiger partial charge in [0.25, 0.3) is 5.91 Å². The van der Waals surface area contributed by atoms with Crippen LogP contribution in [0.4, 0.5) is 11.5 Å². The Bertz CT molecular complexity index is 989. The van der Waals surface area contributed by atoms with Crippen molar-refractivity contribution in [2.24, 2.45) is 0 Å². The fourth-order valence-corrected chi connectivity index (χ4v) is 4.53. The first-order valence-electron chi connectivity index (χ1n) is 8.92. The van der Waals surface area contributed by atoms with Gasteiger partial charge in [-0.3, -0.25) is 4.79 Å². The number of hydrogen-bond acceptors (Lipinski definition) is 5. The summed E-state index contributed by atoms with van der Waals surface area (Å²) >= 11 is 1.44. The Kier molecular flexibility index (Phi) is 4.36. The lowest BCUT2D eigenvalue weighted by molar-refractivity contribution is 0.103. The second kappa shape index (κ2) is 6.68. The summed E-state index contributed by atoms with van der Waals surface area (Å²) in [6.45, 7) is 8.07. The summed E-state index contributed by atoms with van der Waals surface area (Å²) in [5, 5.41) is 4.09. The zero-order valence-corrected chi connectivity index (χ0v) is 16.1. The average Bonchev–Trinajstić information content (AvgIpc) is 3.26. The molecule has 5 nitrogen and oxygen atoms in total. The molecule has 134 valence electrons. The van der Waals surface area contributed by atoms with E-state index in [-0.39, 0.29) is 5.91 Å². The quantitative estimate of drug-likeness (QED) is 0.743. The highest BCUT2D eigenvalue weighted by atomic mass is 32.1. The summed E-state index contributed by atoms with van der Waals surface area (Å²) in [7, 11) is 0. The number of fused-ring (bicyclic) bond motifs is 1. The maximum absolute atomic E-state index is 12.9. The zero-order valence-electron chi connectivity index (χ0n) is 15.3. The molecule has 0 bridgehead atoms. The van der Waals surface area contributed by atoms with Crippen LogP contribution in [-0.4, -0.2) is 29.0 Å². The zero-order chi connectivity index (χ0) is 18.3. The predicted octanol–water partition coefficient (Wildman–Crippen LogP) is 4.47. The maximum atomic E-state index is 12.9. The molecule has 1 aromatic carbocycles. The van der Waals surface area contributed by atoms with Crippen LogP contribution in [-0.2, 0) is 0 Å². The summed E-state index contributed by atoms with van der Waals surface area (Å²) in [5.74, 6) is 0.888. The van der Waals surface area contributed by atoms with Gasteiger partial charge in [0.15, 0.2) is 0 Å². The number of rotatable bonds is 3. The lowest BCUT2D eigenvalue weighted by atomic mass is 10.1. The molecular formula is C20H22N4OS. The van der Waals surface area contributed by atoms with Gasteiger partial charge in [0.1, 0.15) is 17.0 Å². The number of carbonyl (C=O) groups is 1. The van der Waals surface area contributed by atoms with Crippen LogP contribution < -0.4 is 10.2 Å². The largest absolute Gasteiger partial charge is 0.356 e. The van der Waals surface area contributed by atoms with Crippen molar-refractivity contribution in [2.45, 2.75) is 33.6 Å². The lowest BCUT2D eigenvalue weighted by Gasteiger charge is -2.17. The van der Waals surface area contributed by atoms with Crippen molar-refractivity contribution in [3.8, 4) is 0 Å². The minimum Gasteiger partial charge on any atom is -0.356 e. The van der Waals surface area contributed by atoms with Gasteiger partial charge in [0.05, 0.1) is 10.3 Å². The van der Waals surface area contributed by atoms with Crippen LogP contribution in [0.15, 0.2) is 24.5 Å². The van der Waals surface area contributed by atoms with Gasteiger partial charge < -0.3 is 10.2 Å². The fourth-order valence-electron chi connectivity index (χ4n) is 3.49. The third-order valence-electron chi connectivity index (χ3n) is 4.96. The smallest absolute Gasteiger partial charge is 0.266 e. The van der Waals surface area contributed by atoms with Crippen molar-refractivity contribution in [2.75, 3.05) is 23.3 Å². The highest BCUT2D eigenvalue weighted by molar-refractivity contribution is 7.20. The maximum Gasteiger partial charge on any atom is 0.266 e. The predicted molar refractivity (Wildman–Crippen MR) is 107 cm³/mol. The monoisotopic (exact) mass is 366 g/mol. The Labute approximate surface area is 157 Å². The van der Waals surface area contributed by atoms with Gasteiger partial charge in [-0.1, -0.05) is 12.1 Å². The number of carbonyl (C=O) groups excluding carboxylic acids is 1. The normalized spacial score (nSPS) is 14.2. The summed E-state index contributed by atoms with van der Waals surface area (Å²) in [6.07, 6.45) is 3.99. The molecule has 1 aliphatic rings. The van der Waals surface area contributed by atoms with Gasteiger partial charge in [-0.2, -0.15) is 0 Å². The minimum absolute atomic E-state index is 0.0772. The van der Waals surface area contributed by atoms with Crippen molar-refractivity contribution in [3.63, 3.8) is 0 Å². The van der Waals surface area contributed by atoms with Crippen LogP contribution in [0, 0.1) is 20.8 Å². The molecule has 0 radical (unpaired) electrons. The summed E-state index contributed by atoms with van der Waals surface area (Å²) < 4.78 is 0. The van der Waals surface area contributed by atoms with Crippen LogP contribution >= 0.6 is 11.3 Å². The second-order valence-electron chi connectivity index (χ2n) is 6.90. The van der Waals surface area contributed by atoms with Gasteiger partial charge in [-0.15, -0.1) is 11.3 Å². The number of benzene rings is 1. The molecule has 1 fully saturated rings. The topological polar surface area (TPSA) is 58.1 Å². The van der Waals surface area contributed by atoms with Gasteiger partial charge in [-0.25, -0.2) is 9.97 Å². The molecule has 2 aromatic heterocycles. The van der Waals surface area contributed by atoms with Crippen molar-refractivity contribution in [1.82, 2.24) is 9.97 Å². The minimum atomic E-state index is -0.0772. The van der Waals surface area contributed by atoms with E-state index in [1.807, 2.05) is 39.0 Å². The highest BCUT2D eigenvalue weighted by Gasteiger charge is 2.23. The van der Waals surface area contributed by atoms with E-state index in [0.29, 0.717) is 4.88 Å². The SMILES string of the molecule is Cc1ccc(C)c(NC(=O)c2sc3ncnc(N4CCCC4)c3c2C)c1. The van der Waals surface area contributed by atoms with Crippen molar-refractivity contribution in [3.05, 3.63) is 46.1 Å². The molecule has 1 N–H and O–H groups in total. The summed E-state index contributed by atoms with van der Waals surface area (Å²) in [4.78, 5) is 25.8. The van der Waals surface area contributed by atoms with Gasteiger partial charge in [0.2, 0.25) is 0 Å². The number of aromatic nitrogens is 2. The van der Waals surface area contributed by atoms with Crippen LogP contribution in [0.25, 0.3) is 10.2 Å².